The van der Waals surface area contributed by atoms with Crippen LogP contribution in [0.4, 0.5) is 5.82 Å². The Morgan fingerprint density at radius 2 is 2.27 bits per heavy atom. The Kier molecular flexibility index (Phi) is 3.28. The van der Waals surface area contributed by atoms with Gasteiger partial charge in [0, 0.05) is 19.8 Å². The largest absolute Gasteiger partial charge is 0.389 e. The number of hydrogen-bond acceptors (Lipinski definition) is 4. The standard InChI is InChI=1S/C11H15N3O/c1-11(2,15)8-14(3)10-9(7-12)5-4-6-13-10/h4-6,15H,8H2,1-3H3. The van der Waals surface area contributed by atoms with Crippen LogP contribution in [0.3, 0.4) is 0 Å². The second-order valence-electron chi connectivity index (χ2n) is 4.15. The lowest BCUT2D eigenvalue weighted by Gasteiger charge is -2.26. The van der Waals surface area contributed by atoms with Crippen molar-refractivity contribution >= 4 is 5.82 Å². The molecule has 0 bridgehead atoms. The van der Waals surface area contributed by atoms with Gasteiger partial charge in [0.05, 0.1) is 11.2 Å². The molecular weight excluding hydrogens is 190 g/mol. The van der Waals surface area contributed by atoms with Crippen molar-refractivity contribution in [1.29, 1.82) is 5.26 Å². The Balaban J connectivity index is 2.92. The van der Waals surface area contributed by atoms with Gasteiger partial charge in [0.15, 0.2) is 0 Å². The average Bonchev–Trinajstić information content (AvgIpc) is 2.15. The van der Waals surface area contributed by atoms with Crippen molar-refractivity contribution in [2.24, 2.45) is 0 Å². The van der Waals surface area contributed by atoms with Crippen LogP contribution in [0.15, 0.2) is 18.3 Å². The monoisotopic (exact) mass is 205 g/mol. The summed E-state index contributed by atoms with van der Waals surface area (Å²) in [5.41, 5.74) is -0.289. The highest BCUT2D eigenvalue weighted by Gasteiger charge is 2.18. The van der Waals surface area contributed by atoms with Crippen molar-refractivity contribution in [3.63, 3.8) is 0 Å². The van der Waals surface area contributed by atoms with E-state index in [9.17, 15) is 5.11 Å². The zero-order valence-corrected chi connectivity index (χ0v) is 9.23. The number of hydrogen-bond donors (Lipinski definition) is 1. The van der Waals surface area contributed by atoms with Crippen molar-refractivity contribution < 1.29 is 5.11 Å². The molecule has 1 rings (SSSR count). The minimum atomic E-state index is -0.807. The first-order chi connectivity index (χ1) is 6.94. The molecule has 80 valence electrons. The normalized spacial score (nSPS) is 10.9. The molecule has 0 aliphatic rings. The van der Waals surface area contributed by atoms with Gasteiger partial charge in [-0.25, -0.2) is 4.98 Å². The van der Waals surface area contributed by atoms with E-state index in [-0.39, 0.29) is 0 Å². The fraction of sp³-hybridized carbons (Fsp3) is 0.455. The van der Waals surface area contributed by atoms with Gasteiger partial charge in [-0.3, -0.25) is 0 Å². The topological polar surface area (TPSA) is 60.1 Å². The molecule has 0 radical (unpaired) electrons. The molecule has 0 fully saturated rings. The van der Waals surface area contributed by atoms with Crippen LogP contribution in [0, 0.1) is 11.3 Å². The molecule has 0 amide bonds. The van der Waals surface area contributed by atoms with Crippen LogP contribution < -0.4 is 4.90 Å². The van der Waals surface area contributed by atoms with E-state index in [1.54, 1.807) is 44.1 Å². The molecule has 0 saturated heterocycles. The van der Waals surface area contributed by atoms with Crippen LogP contribution in [-0.4, -0.2) is 29.3 Å². The van der Waals surface area contributed by atoms with E-state index in [2.05, 4.69) is 11.1 Å². The smallest absolute Gasteiger partial charge is 0.146 e. The molecule has 0 aromatic carbocycles. The van der Waals surface area contributed by atoms with Gasteiger partial charge in [-0.2, -0.15) is 5.26 Å². The number of anilines is 1. The molecule has 1 heterocycles. The molecular formula is C11H15N3O. The zero-order chi connectivity index (χ0) is 11.5. The Bertz CT molecular complexity index is 376. The molecule has 4 nitrogen and oxygen atoms in total. The second kappa shape index (κ2) is 4.28. The van der Waals surface area contributed by atoms with Gasteiger partial charge in [0.25, 0.3) is 0 Å². The van der Waals surface area contributed by atoms with E-state index in [1.807, 2.05) is 0 Å². The summed E-state index contributed by atoms with van der Waals surface area (Å²) in [6.07, 6.45) is 1.64. The highest BCUT2D eigenvalue weighted by Crippen LogP contribution is 2.16. The molecule has 1 aromatic heterocycles. The summed E-state index contributed by atoms with van der Waals surface area (Å²) in [7, 11) is 1.81. The molecule has 0 spiro atoms. The number of nitrogens with zero attached hydrogens (tertiary/aromatic N) is 3. The van der Waals surface area contributed by atoms with E-state index in [1.165, 1.54) is 0 Å². The summed E-state index contributed by atoms with van der Waals surface area (Å²) < 4.78 is 0. The van der Waals surface area contributed by atoms with Gasteiger partial charge in [-0.1, -0.05) is 0 Å². The Labute approximate surface area is 89.8 Å². The van der Waals surface area contributed by atoms with Gasteiger partial charge in [-0.15, -0.1) is 0 Å². The predicted molar refractivity (Wildman–Crippen MR) is 58.5 cm³/mol. The van der Waals surface area contributed by atoms with Gasteiger partial charge < -0.3 is 10.0 Å². The lowest BCUT2D eigenvalue weighted by atomic mass is 10.1. The molecule has 0 saturated carbocycles. The summed E-state index contributed by atoms with van der Waals surface area (Å²) in [5.74, 6) is 0.599. The Morgan fingerprint density at radius 1 is 1.60 bits per heavy atom. The minimum absolute atomic E-state index is 0.429. The van der Waals surface area contributed by atoms with Gasteiger partial charge in [-0.05, 0) is 26.0 Å². The molecule has 0 aliphatic carbocycles. The number of pyridine rings is 1. The third-order valence-electron chi connectivity index (χ3n) is 1.89. The van der Waals surface area contributed by atoms with E-state index in [0.717, 1.165) is 0 Å². The highest BCUT2D eigenvalue weighted by molar-refractivity contribution is 5.52. The van der Waals surface area contributed by atoms with E-state index >= 15 is 0 Å². The first-order valence-corrected chi connectivity index (χ1v) is 4.72. The van der Waals surface area contributed by atoms with Crippen molar-refractivity contribution in [2.75, 3.05) is 18.5 Å². The highest BCUT2D eigenvalue weighted by atomic mass is 16.3. The van der Waals surface area contributed by atoms with Crippen LogP contribution in [0.1, 0.15) is 19.4 Å². The van der Waals surface area contributed by atoms with Crippen molar-refractivity contribution in [1.82, 2.24) is 4.98 Å². The number of rotatable bonds is 3. The SMILES string of the molecule is CN(CC(C)(C)O)c1ncccc1C#N. The molecule has 0 aliphatic heterocycles. The predicted octanol–water partition coefficient (Wildman–Crippen LogP) is 1.16. The van der Waals surface area contributed by atoms with E-state index < -0.39 is 5.60 Å². The quantitative estimate of drug-likeness (QED) is 0.804. The third kappa shape index (κ3) is 3.22. The fourth-order valence-electron chi connectivity index (χ4n) is 1.44. The Hall–Kier alpha value is -1.60. The molecule has 1 N–H and O–H groups in total. The van der Waals surface area contributed by atoms with Gasteiger partial charge >= 0.3 is 0 Å². The minimum Gasteiger partial charge on any atom is -0.389 e. The Morgan fingerprint density at radius 3 is 2.80 bits per heavy atom. The summed E-state index contributed by atoms with van der Waals surface area (Å²) in [6, 6.07) is 5.51. The van der Waals surface area contributed by atoms with Crippen LogP contribution in [-0.2, 0) is 0 Å². The van der Waals surface area contributed by atoms with Crippen LogP contribution in [0.5, 0.6) is 0 Å². The first-order valence-electron chi connectivity index (χ1n) is 4.72. The molecule has 0 atom stereocenters. The lowest BCUT2D eigenvalue weighted by molar-refractivity contribution is 0.0884. The fourth-order valence-corrected chi connectivity index (χ4v) is 1.44. The maximum atomic E-state index is 9.66. The van der Waals surface area contributed by atoms with Gasteiger partial charge in [0.2, 0.25) is 0 Å². The summed E-state index contributed by atoms with van der Waals surface area (Å²) in [4.78, 5) is 5.90. The lowest BCUT2D eigenvalue weighted by Crippen LogP contribution is -2.36. The summed E-state index contributed by atoms with van der Waals surface area (Å²) >= 11 is 0. The molecule has 1 aromatic rings. The average molecular weight is 205 g/mol. The maximum Gasteiger partial charge on any atom is 0.146 e. The summed E-state index contributed by atoms with van der Waals surface area (Å²) in [5, 5.41) is 18.5. The second-order valence-corrected chi connectivity index (χ2v) is 4.15. The van der Waals surface area contributed by atoms with E-state index in [0.29, 0.717) is 17.9 Å². The number of aliphatic hydroxyl groups is 1. The van der Waals surface area contributed by atoms with Crippen molar-refractivity contribution in [2.45, 2.75) is 19.4 Å². The number of aromatic nitrogens is 1. The molecule has 0 unspecified atom stereocenters. The van der Waals surface area contributed by atoms with Crippen LogP contribution in [0.25, 0.3) is 0 Å². The first kappa shape index (κ1) is 11.5. The zero-order valence-electron chi connectivity index (χ0n) is 9.23. The number of likely N-dealkylation sites (N-methyl/N-ethyl adjacent to an activating group) is 1. The van der Waals surface area contributed by atoms with Crippen molar-refractivity contribution in [3.8, 4) is 6.07 Å². The summed E-state index contributed by atoms with van der Waals surface area (Å²) in [6.45, 7) is 3.87. The third-order valence-corrected chi connectivity index (χ3v) is 1.89. The van der Waals surface area contributed by atoms with E-state index in [4.69, 9.17) is 5.26 Å². The molecule has 15 heavy (non-hydrogen) atoms. The molecule has 4 heteroatoms. The van der Waals surface area contributed by atoms with Crippen LogP contribution in [0.2, 0.25) is 0 Å². The van der Waals surface area contributed by atoms with Crippen molar-refractivity contribution in [3.05, 3.63) is 23.9 Å². The van der Waals surface area contributed by atoms with Crippen LogP contribution >= 0.6 is 0 Å². The maximum absolute atomic E-state index is 9.66. The number of nitriles is 1. The van der Waals surface area contributed by atoms with Gasteiger partial charge in [0.1, 0.15) is 11.9 Å².